The Labute approximate surface area is 144 Å². The number of carbonyl (C=O) groups excluding carboxylic acids is 1. The highest BCUT2D eigenvalue weighted by Crippen LogP contribution is 2.30. The molecule has 0 aliphatic rings. The Morgan fingerprint density at radius 3 is 2.04 bits per heavy atom. The van der Waals surface area contributed by atoms with Gasteiger partial charge in [0.25, 0.3) is 0 Å². The Hall–Kier alpha value is -2.00. The number of aryl methyl sites for hydroxylation is 1. The van der Waals surface area contributed by atoms with Crippen LogP contribution in [0.25, 0.3) is 0 Å². The van der Waals surface area contributed by atoms with E-state index in [2.05, 4.69) is 5.32 Å². The van der Waals surface area contributed by atoms with Gasteiger partial charge in [-0.1, -0.05) is 58.0 Å². The summed E-state index contributed by atoms with van der Waals surface area (Å²) in [5, 5.41) is 2.70. The monoisotopic (exact) mass is 335 g/mol. The standard InChI is InChI=1S/C15H14ClNO2.2C2H6/c1-11-6-2-4-8-13(11)19-14-9-5-3-7-12(14)17-15(18)10-16;2*1-2/h2-9H,10H2,1H3,(H,17,18);2*1-2H3. The van der Waals surface area contributed by atoms with Crippen LogP contribution in [-0.2, 0) is 4.79 Å². The predicted molar refractivity (Wildman–Crippen MR) is 99.7 cm³/mol. The molecule has 0 saturated heterocycles. The van der Waals surface area contributed by atoms with Crippen LogP contribution in [0.15, 0.2) is 48.5 Å². The molecular weight excluding hydrogens is 310 g/mol. The van der Waals surface area contributed by atoms with Gasteiger partial charge in [0, 0.05) is 0 Å². The van der Waals surface area contributed by atoms with Crippen molar-refractivity contribution in [3.05, 3.63) is 54.1 Å². The summed E-state index contributed by atoms with van der Waals surface area (Å²) in [5.74, 6) is 1.01. The van der Waals surface area contributed by atoms with Crippen LogP contribution in [0.5, 0.6) is 11.5 Å². The number of carbonyl (C=O) groups is 1. The molecule has 0 unspecified atom stereocenters. The lowest BCUT2D eigenvalue weighted by Gasteiger charge is -2.13. The van der Waals surface area contributed by atoms with Gasteiger partial charge in [0.2, 0.25) is 5.91 Å². The molecule has 0 fully saturated rings. The number of amides is 1. The summed E-state index contributed by atoms with van der Waals surface area (Å²) in [6, 6.07) is 15.0. The van der Waals surface area contributed by atoms with Gasteiger partial charge < -0.3 is 10.1 Å². The van der Waals surface area contributed by atoms with Crippen LogP contribution in [-0.4, -0.2) is 11.8 Å². The predicted octanol–water partition coefficient (Wildman–Crippen LogP) is 6.02. The normalized spacial score (nSPS) is 8.78. The van der Waals surface area contributed by atoms with E-state index >= 15 is 0 Å². The van der Waals surface area contributed by atoms with Gasteiger partial charge in [0.05, 0.1) is 5.69 Å². The van der Waals surface area contributed by atoms with Crippen molar-refractivity contribution >= 4 is 23.2 Å². The Bertz CT molecular complexity index is 585. The number of rotatable bonds is 4. The number of anilines is 1. The summed E-state index contributed by atoms with van der Waals surface area (Å²) in [4.78, 5) is 11.4. The SMILES string of the molecule is CC.CC.Cc1ccccc1Oc1ccccc1NC(=O)CCl. The Morgan fingerprint density at radius 1 is 0.957 bits per heavy atom. The first kappa shape index (κ1) is 21.0. The third-order valence-corrected chi connectivity index (χ3v) is 2.84. The second-order valence-corrected chi connectivity index (χ2v) is 4.31. The second kappa shape index (κ2) is 12.5. The largest absolute Gasteiger partial charge is 0.455 e. The van der Waals surface area contributed by atoms with Crippen LogP contribution >= 0.6 is 11.6 Å². The lowest BCUT2D eigenvalue weighted by atomic mass is 10.2. The van der Waals surface area contributed by atoms with Gasteiger partial charge in [-0.05, 0) is 30.7 Å². The molecule has 2 aromatic rings. The van der Waals surface area contributed by atoms with Crippen molar-refractivity contribution in [3.8, 4) is 11.5 Å². The fourth-order valence-corrected chi connectivity index (χ4v) is 1.70. The number of benzene rings is 2. The first-order chi connectivity index (χ1) is 11.2. The van der Waals surface area contributed by atoms with E-state index in [0.717, 1.165) is 11.3 Å². The third kappa shape index (κ3) is 7.20. The summed E-state index contributed by atoms with van der Waals surface area (Å²) in [6.07, 6.45) is 0. The molecular formula is C19H26ClNO2. The molecule has 0 aliphatic carbocycles. The van der Waals surface area contributed by atoms with Crippen molar-refractivity contribution in [1.82, 2.24) is 0 Å². The first-order valence-electron chi connectivity index (χ1n) is 7.89. The maximum absolute atomic E-state index is 11.4. The molecule has 1 amide bonds. The number of ether oxygens (including phenoxy) is 1. The zero-order valence-electron chi connectivity index (χ0n) is 14.5. The number of hydrogen-bond acceptors (Lipinski definition) is 2. The van der Waals surface area contributed by atoms with E-state index in [0.29, 0.717) is 11.4 Å². The van der Waals surface area contributed by atoms with E-state index in [1.165, 1.54) is 0 Å². The zero-order valence-corrected chi connectivity index (χ0v) is 15.3. The summed E-state index contributed by atoms with van der Waals surface area (Å²) >= 11 is 5.49. The summed E-state index contributed by atoms with van der Waals surface area (Å²) in [6.45, 7) is 9.97. The first-order valence-corrected chi connectivity index (χ1v) is 8.42. The van der Waals surface area contributed by atoms with Gasteiger partial charge in [-0.15, -0.1) is 11.6 Å². The molecule has 126 valence electrons. The van der Waals surface area contributed by atoms with Crippen LogP contribution in [0.2, 0.25) is 0 Å². The summed E-state index contributed by atoms with van der Waals surface area (Å²) in [5.41, 5.74) is 1.64. The quantitative estimate of drug-likeness (QED) is 0.694. The molecule has 0 atom stereocenters. The molecule has 0 aliphatic heterocycles. The van der Waals surface area contributed by atoms with Gasteiger partial charge in [-0.3, -0.25) is 4.79 Å². The van der Waals surface area contributed by atoms with Crippen molar-refractivity contribution in [2.75, 3.05) is 11.2 Å². The van der Waals surface area contributed by atoms with E-state index in [-0.39, 0.29) is 11.8 Å². The van der Waals surface area contributed by atoms with E-state index in [9.17, 15) is 4.79 Å². The van der Waals surface area contributed by atoms with Crippen LogP contribution < -0.4 is 10.1 Å². The maximum Gasteiger partial charge on any atom is 0.239 e. The molecule has 0 heterocycles. The lowest BCUT2D eigenvalue weighted by Crippen LogP contribution is -2.13. The average Bonchev–Trinajstić information content (AvgIpc) is 2.62. The third-order valence-electron chi connectivity index (χ3n) is 2.60. The number of nitrogens with one attached hydrogen (secondary N) is 1. The van der Waals surface area contributed by atoms with E-state index in [1.54, 1.807) is 12.1 Å². The summed E-state index contributed by atoms with van der Waals surface area (Å²) < 4.78 is 5.83. The Balaban J connectivity index is 0.00000112. The maximum atomic E-state index is 11.4. The van der Waals surface area contributed by atoms with Crippen molar-refractivity contribution in [1.29, 1.82) is 0 Å². The minimum Gasteiger partial charge on any atom is -0.455 e. The molecule has 2 rings (SSSR count). The van der Waals surface area contributed by atoms with Crippen LogP contribution in [0.3, 0.4) is 0 Å². The lowest BCUT2D eigenvalue weighted by molar-refractivity contribution is -0.113. The Kier molecular flexibility index (Phi) is 11.4. The average molecular weight is 336 g/mol. The van der Waals surface area contributed by atoms with Crippen LogP contribution in [0.1, 0.15) is 33.3 Å². The van der Waals surface area contributed by atoms with E-state index in [4.69, 9.17) is 16.3 Å². The topological polar surface area (TPSA) is 38.3 Å². The van der Waals surface area contributed by atoms with Gasteiger partial charge in [-0.25, -0.2) is 0 Å². The molecule has 4 heteroatoms. The molecule has 1 N–H and O–H groups in total. The van der Waals surface area contributed by atoms with Crippen molar-refractivity contribution < 1.29 is 9.53 Å². The van der Waals surface area contributed by atoms with Crippen molar-refractivity contribution in [3.63, 3.8) is 0 Å². The molecule has 3 nitrogen and oxygen atoms in total. The number of alkyl halides is 1. The number of para-hydroxylation sites is 3. The highest BCUT2D eigenvalue weighted by atomic mass is 35.5. The fourth-order valence-electron chi connectivity index (χ4n) is 1.63. The summed E-state index contributed by atoms with van der Waals surface area (Å²) in [7, 11) is 0. The smallest absolute Gasteiger partial charge is 0.239 e. The molecule has 0 aromatic heterocycles. The number of hydrogen-bond donors (Lipinski definition) is 1. The highest BCUT2D eigenvalue weighted by molar-refractivity contribution is 6.29. The van der Waals surface area contributed by atoms with Crippen molar-refractivity contribution in [2.24, 2.45) is 0 Å². The molecule has 0 radical (unpaired) electrons. The minimum atomic E-state index is -0.262. The van der Waals surface area contributed by atoms with Gasteiger partial charge >= 0.3 is 0 Å². The second-order valence-electron chi connectivity index (χ2n) is 4.05. The van der Waals surface area contributed by atoms with Gasteiger partial charge in [0.1, 0.15) is 11.6 Å². The number of halogens is 1. The van der Waals surface area contributed by atoms with E-state index < -0.39 is 0 Å². The van der Waals surface area contributed by atoms with Gasteiger partial charge in [-0.2, -0.15) is 0 Å². The van der Waals surface area contributed by atoms with Crippen molar-refractivity contribution in [2.45, 2.75) is 34.6 Å². The van der Waals surface area contributed by atoms with Crippen LogP contribution in [0.4, 0.5) is 5.69 Å². The Morgan fingerprint density at radius 2 is 1.48 bits per heavy atom. The molecule has 0 bridgehead atoms. The zero-order chi connectivity index (χ0) is 17.7. The molecule has 23 heavy (non-hydrogen) atoms. The fraction of sp³-hybridized carbons (Fsp3) is 0.316. The molecule has 0 spiro atoms. The van der Waals surface area contributed by atoms with E-state index in [1.807, 2.05) is 71.0 Å². The minimum absolute atomic E-state index is 0.0846. The van der Waals surface area contributed by atoms with Crippen LogP contribution in [0, 0.1) is 6.92 Å². The van der Waals surface area contributed by atoms with Gasteiger partial charge in [0.15, 0.2) is 5.75 Å². The molecule has 0 saturated carbocycles. The molecule has 2 aromatic carbocycles. The highest BCUT2D eigenvalue weighted by Gasteiger charge is 2.08.